The van der Waals surface area contributed by atoms with Gasteiger partial charge in [0, 0.05) is 24.9 Å². The standard InChI is InChI=1S/C13H22N4O/c1-3-11-15-7-8-17(11)10-5-6-13(9-10,12(14)18)16-4-2/h7-8,10,16H,3-6,9H2,1-2H3,(H2,14,18). The summed E-state index contributed by atoms with van der Waals surface area (Å²) in [6.45, 7) is 4.87. The van der Waals surface area contributed by atoms with Gasteiger partial charge >= 0.3 is 0 Å². The van der Waals surface area contributed by atoms with E-state index in [2.05, 4.69) is 21.8 Å². The predicted octanol–water partition coefficient (Wildman–Crippen LogP) is 1.00. The summed E-state index contributed by atoms with van der Waals surface area (Å²) in [5, 5.41) is 3.28. The van der Waals surface area contributed by atoms with Crippen LogP contribution in [0.25, 0.3) is 0 Å². The molecule has 0 saturated heterocycles. The van der Waals surface area contributed by atoms with Crippen molar-refractivity contribution in [1.29, 1.82) is 0 Å². The van der Waals surface area contributed by atoms with E-state index in [4.69, 9.17) is 5.73 Å². The van der Waals surface area contributed by atoms with Crippen molar-refractivity contribution in [2.24, 2.45) is 5.73 Å². The minimum Gasteiger partial charge on any atom is -0.368 e. The molecule has 0 aliphatic heterocycles. The monoisotopic (exact) mass is 250 g/mol. The molecule has 1 heterocycles. The summed E-state index contributed by atoms with van der Waals surface area (Å²) in [6, 6.07) is 0.328. The van der Waals surface area contributed by atoms with Gasteiger partial charge in [-0.05, 0) is 25.8 Å². The summed E-state index contributed by atoms with van der Waals surface area (Å²) >= 11 is 0. The lowest BCUT2D eigenvalue weighted by atomic mass is 9.96. The van der Waals surface area contributed by atoms with Crippen molar-refractivity contribution in [3.8, 4) is 0 Å². The number of primary amides is 1. The van der Waals surface area contributed by atoms with Gasteiger partial charge in [-0.1, -0.05) is 13.8 Å². The van der Waals surface area contributed by atoms with Crippen molar-refractivity contribution in [2.45, 2.75) is 51.1 Å². The highest BCUT2D eigenvalue weighted by atomic mass is 16.1. The van der Waals surface area contributed by atoms with Crippen LogP contribution in [0.4, 0.5) is 0 Å². The van der Waals surface area contributed by atoms with Gasteiger partial charge in [-0.25, -0.2) is 4.98 Å². The third-order valence-electron chi connectivity index (χ3n) is 3.93. The molecular formula is C13H22N4O. The van der Waals surface area contributed by atoms with E-state index in [1.807, 2.05) is 19.3 Å². The molecule has 1 amide bonds. The summed E-state index contributed by atoms with van der Waals surface area (Å²) in [7, 11) is 0. The fraction of sp³-hybridized carbons (Fsp3) is 0.692. The first-order chi connectivity index (χ1) is 8.63. The first kappa shape index (κ1) is 13.1. The van der Waals surface area contributed by atoms with Crippen LogP contribution < -0.4 is 11.1 Å². The average Bonchev–Trinajstić information content (AvgIpc) is 2.95. The minimum atomic E-state index is -0.533. The normalized spacial score (nSPS) is 27.6. The molecule has 1 saturated carbocycles. The first-order valence-corrected chi connectivity index (χ1v) is 6.69. The highest BCUT2D eigenvalue weighted by Gasteiger charge is 2.44. The van der Waals surface area contributed by atoms with Gasteiger partial charge in [0.2, 0.25) is 5.91 Å². The van der Waals surface area contributed by atoms with Crippen molar-refractivity contribution in [1.82, 2.24) is 14.9 Å². The van der Waals surface area contributed by atoms with Crippen LogP contribution in [0, 0.1) is 0 Å². The summed E-state index contributed by atoms with van der Waals surface area (Å²) < 4.78 is 2.20. The Balaban J connectivity index is 2.18. The number of nitrogens with one attached hydrogen (secondary N) is 1. The Morgan fingerprint density at radius 1 is 1.67 bits per heavy atom. The van der Waals surface area contributed by atoms with Crippen LogP contribution >= 0.6 is 0 Å². The molecule has 5 heteroatoms. The largest absolute Gasteiger partial charge is 0.368 e. The second kappa shape index (κ2) is 5.10. The van der Waals surface area contributed by atoms with Crippen LogP contribution in [0.5, 0.6) is 0 Å². The topological polar surface area (TPSA) is 72.9 Å². The fourth-order valence-corrected chi connectivity index (χ4v) is 3.02. The molecule has 18 heavy (non-hydrogen) atoms. The molecule has 2 atom stereocenters. The molecule has 3 N–H and O–H groups in total. The van der Waals surface area contributed by atoms with Gasteiger partial charge in [0.1, 0.15) is 5.82 Å². The molecule has 0 spiro atoms. The zero-order valence-electron chi connectivity index (χ0n) is 11.1. The number of nitrogens with zero attached hydrogens (tertiary/aromatic N) is 2. The lowest BCUT2D eigenvalue weighted by Crippen LogP contribution is -2.53. The first-order valence-electron chi connectivity index (χ1n) is 6.69. The molecule has 100 valence electrons. The van der Waals surface area contributed by atoms with Crippen LogP contribution in [-0.2, 0) is 11.2 Å². The maximum Gasteiger partial charge on any atom is 0.237 e. The van der Waals surface area contributed by atoms with Gasteiger partial charge in [0.15, 0.2) is 0 Å². The smallest absolute Gasteiger partial charge is 0.237 e. The summed E-state index contributed by atoms with van der Waals surface area (Å²) in [4.78, 5) is 16.1. The Labute approximate surface area is 108 Å². The third-order valence-corrected chi connectivity index (χ3v) is 3.93. The highest BCUT2D eigenvalue weighted by Crippen LogP contribution is 2.38. The number of aromatic nitrogens is 2. The van der Waals surface area contributed by atoms with Crippen molar-refractivity contribution >= 4 is 5.91 Å². The van der Waals surface area contributed by atoms with Gasteiger partial charge < -0.3 is 15.6 Å². The third kappa shape index (κ3) is 2.14. The van der Waals surface area contributed by atoms with Gasteiger partial charge in [0.05, 0.1) is 5.54 Å². The molecule has 1 aliphatic rings. The van der Waals surface area contributed by atoms with Gasteiger partial charge in [0.25, 0.3) is 0 Å². The van der Waals surface area contributed by atoms with E-state index in [0.29, 0.717) is 6.04 Å². The number of imidazole rings is 1. The molecule has 1 aromatic heterocycles. The quantitative estimate of drug-likeness (QED) is 0.819. The van der Waals surface area contributed by atoms with Crippen molar-refractivity contribution in [3.63, 3.8) is 0 Å². The summed E-state index contributed by atoms with van der Waals surface area (Å²) in [5.41, 5.74) is 5.05. The van der Waals surface area contributed by atoms with E-state index in [1.165, 1.54) is 0 Å². The molecule has 1 fully saturated rings. The lowest BCUT2D eigenvalue weighted by Gasteiger charge is -2.27. The summed E-state index contributed by atoms with van der Waals surface area (Å²) in [5.74, 6) is 0.849. The van der Waals surface area contributed by atoms with Crippen LogP contribution in [0.3, 0.4) is 0 Å². The number of carbonyl (C=O) groups is 1. The highest BCUT2D eigenvalue weighted by molar-refractivity contribution is 5.85. The number of aryl methyl sites for hydroxylation is 1. The molecule has 1 aliphatic carbocycles. The van der Waals surface area contributed by atoms with Crippen LogP contribution in [0.2, 0.25) is 0 Å². The van der Waals surface area contributed by atoms with Crippen molar-refractivity contribution in [3.05, 3.63) is 18.2 Å². The average molecular weight is 250 g/mol. The molecule has 1 aromatic rings. The Morgan fingerprint density at radius 2 is 2.44 bits per heavy atom. The second-order valence-corrected chi connectivity index (χ2v) is 4.98. The fourth-order valence-electron chi connectivity index (χ4n) is 3.02. The minimum absolute atomic E-state index is 0.231. The Kier molecular flexibility index (Phi) is 3.71. The van der Waals surface area contributed by atoms with E-state index in [9.17, 15) is 4.79 Å². The van der Waals surface area contributed by atoms with E-state index >= 15 is 0 Å². The maximum atomic E-state index is 11.7. The Hall–Kier alpha value is -1.36. The van der Waals surface area contributed by atoms with E-state index in [-0.39, 0.29) is 5.91 Å². The molecule has 2 unspecified atom stereocenters. The molecule has 2 rings (SSSR count). The van der Waals surface area contributed by atoms with Gasteiger partial charge in [-0.3, -0.25) is 4.79 Å². The number of likely N-dealkylation sites (N-methyl/N-ethyl adjacent to an activating group) is 1. The van der Waals surface area contributed by atoms with Crippen molar-refractivity contribution < 1.29 is 4.79 Å². The SMILES string of the molecule is CCNC1(C(N)=O)CCC(n2ccnc2CC)C1. The molecule has 0 bridgehead atoms. The molecule has 0 aromatic carbocycles. The van der Waals surface area contributed by atoms with Gasteiger partial charge in [-0.2, -0.15) is 0 Å². The second-order valence-electron chi connectivity index (χ2n) is 4.98. The number of rotatable bonds is 5. The number of hydrogen-bond acceptors (Lipinski definition) is 3. The maximum absolute atomic E-state index is 11.7. The van der Waals surface area contributed by atoms with Crippen LogP contribution in [-0.4, -0.2) is 27.5 Å². The number of carbonyl (C=O) groups excluding carboxylic acids is 1. The molecular weight excluding hydrogens is 228 g/mol. The van der Waals surface area contributed by atoms with E-state index in [1.54, 1.807) is 0 Å². The summed E-state index contributed by atoms with van der Waals surface area (Å²) in [6.07, 6.45) is 7.29. The zero-order chi connectivity index (χ0) is 13.2. The molecule has 0 radical (unpaired) electrons. The molecule has 5 nitrogen and oxygen atoms in total. The number of amides is 1. The van der Waals surface area contributed by atoms with E-state index in [0.717, 1.165) is 38.1 Å². The zero-order valence-corrected chi connectivity index (χ0v) is 11.1. The lowest BCUT2D eigenvalue weighted by molar-refractivity contribution is -0.124. The predicted molar refractivity (Wildman–Crippen MR) is 70.1 cm³/mol. The van der Waals surface area contributed by atoms with Gasteiger partial charge in [-0.15, -0.1) is 0 Å². The number of nitrogens with two attached hydrogens (primary N) is 1. The Bertz CT molecular complexity index is 428. The van der Waals surface area contributed by atoms with Crippen molar-refractivity contribution in [2.75, 3.05) is 6.54 Å². The number of hydrogen-bond donors (Lipinski definition) is 2. The van der Waals surface area contributed by atoms with Crippen LogP contribution in [0.1, 0.15) is 45.0 Å². The van der Waals surface area contributed by atoms with E-state index < -0.39 is 5.54 Å². The van der Waals surface area contributed by atoms with Crippen LogP contribution in [0.15, 0.2) is 12.4 Å². The Morgan fingerprint density at radius 3 is 3.06 bits per heavy atom.